The van der Waals surface area contributed by atoms with Gasteiger partial charge in [0.25, 0.3) is 0 Å². The van der Waals surface area contributed by atoms with Crippen molar-refractivity contribution in [1.29, 1.82) is 0 Å². The minimum Gasteiger partial charge on any atom is -0.351 e. The Morgan fingerprint density at radius 2 is 2.00 bits per heavy atom. The molecule has 4 nitrogen and oxygen atoms in total. The Labute approximate surface area is 104 Å². The molecule has 0 aliphatic carbocycles. The van der Waals surface area contributed by atoms with Crippen LogP contribution in [0.4, 0.5) is 16.2 Å². The number of primary amides is 1. The second-order valence-corrected chi connectivity index (χ2v) is 3.80. The second kappa shape index (κ2) is 4.84. The molecule has 0 bridgehead atoms. The van der Waals surface area contributed by atoms with Crippen molar-refractivity contribution < 1.29 is 4.79 Å². The fourth-order valence-corrected chi connectivity index (χ4v) is 1.69. The van der Waals surface area contributed by atoms with E-state index in [1.165, 1.54) is 4.90 Å². The number of benzene rings is 1. The fourth-order valence-electron chi connectivity index (χ4n) is 1.50. The second-order valence-electron chi connectivity index (χ2n) is 3.36. The van der Waals surface area contributed by atoms with Gasteiger partial charge >= 0.3 is 6.03 Å². The van der Waals surface area contributed by atoms with Crippen LogP contribution in [0.2, 0.25) is 5.02 Å². The molecule has 0 aliphatic rings. The van der Waals surface area contributed by atoms with Crippen LogP contribution in [0.15, 0.2) is 48.8 Å². The number of aromatic nitrogens is 1. The predicted octanol–water partition coefficient (Wildman–Crippen LogP) is 2.95. The molecule has 5 heteroatoms. The topological polar surface area (TPSA) is 59.2 Å². The average Bonchev–Trinajstić information content (AvgIpc) is 2.30. The van der Waals surface area contributed by atoms with Crippen molar-refractivity contribution in [2.45, 2.75) is 0 Å². The predicted molar refractivity (Wildman–Crippen MR) is 67.4 cm³/mol. The van der Waals surface area contributed by atoms with Gasteiger partial charge in [-0.1, -0.05) is 17.7 Å². The van der Waals surface area contributed by atoms with E-state index in [1.54, 1.807) is 48.8 Å². The summed E-state index contributed by atoms with van der Waals surface area (Å²) in [7, 11) is 0. The number of nitrogens with two attached hydrogens (primary N) is 1. The molecule has 0 spiro atoms. The van der Waals surface area contributed by atoms with Crippen LogP contribution in [0.1, 0.15) is 0 Å². The van der Waals surface area contributed by atoms with Gasteiger partial charge in [-0.2, -0.15) is 0 Å². The quantitative estimate of drug-likeness (QED) is 0.887. The van der Waals surface area contributed by atoms with E-state index in [0.717, 1.165) is 0 Å². The van der Waals surface area contributed by atoms with Crippen LogP contribution in [0.3, 0.4) is 0 Å². The molecule has 0 unspecified atom stereocenters. The van der Waals surface area contributed by atoms with Crippen LogP contribution in [0.5, 0.6) is 0 Å². The molecule has 2 N–H and O–H groups in total. The highest BCUT2D eigenvalue weighted by Gasteiger charge is 2.14. The Bertz CT molecular complexity index is 530. The Morgan fingerprint density at radius 3 is 2.59 bits per heavy atom. The molecule has 0 saturated carbocycles. The summed E-state index contributed by atoms with van der Waals surface area (Å²) in [6.45, 7) is 0. The highest BCUT2D eigenvalue weighted by atomic mass is 35.5. The highest BCUT2D eigenvalue weighted by molar-refractivity contribution is 6.31. The molecule has 1 aromatic heterocycles. The Balaban J connectivity index is 2.47. The van der Waals surface area contributed by atoms with Gasteiger partial charge in [0.1, 0.15) is 0 Å². The van der Waals surface area contributed by atoms with E-state index in [1.807, 2.05) is 0 Å². The van der Waals surface area contributed by atoms with Crippen LogP contribution < -0.4 is 10.6 Å². The summed E-state index contributed by atoms with van der Waals surface area (Å²) in [5.74, 6) is 0. The van der Waals surface area contributed by atoms with E-state index in [0.29, 0.717) is 16.4 Å². The summed E-state index contributed by atoms with van der Waals surface area (Å²) in [5, 5.41) is 0.539. The molecule has 2 amide bonds. The molecular formula is C12H10ClN3O. The maximum Gasteiger partial charge on any atom is 0.323 e. The summed E-state index contributed by atoms with van der Waals surface area (Å²) >= 11 is 5.89. The van der Waals surface area contributed by atoms with Crippen molar-refractivity contribution in [3.63, 3.8) is 0 Å². The van der Waals surface area contributed by atoms with Gasteiger partial charge in [-0.05, 0) is 30.3 Å². The first-order valence-corrected chi connectivity index (χ1v) is 5.31. The van der Waals surface area contributed by atoms with E-state index in [2.05, 4.69) is 4.98 Å². The number of nitrogens with zero attached hydrogens (tertiary/aromatic N) is 2. The minimum absolute atomic E-state index is 0.539. The molecule has 0 saturated heterocycles. The number of anilines is 2. The molecule has 17 heavy (non-hydrogen) atoms. The zero-order valence-electron chi connectivity index (χ0n) is 8.88. The van der Waals surface area contributed by atoms with Crippen molar-refractivity contribution in [3.05, 3.63) is 53.8 Å². The first kappa shape index (κ1) is 11.4. The van der Waals surface area contributed by atoms with Crippen molar-refractivity contribution in [3.8, 4) is 0 Å². The first-order chi connectivity index (χ1) is 8.18. The van der Waals surface area contributed by atoms with Crippen molar-refractivity contribution in [2.75, 3.05) is 4.90 Å². The van der Waals surface area contributed by atoms with Gasteiger partial charge in [-0.3, -0.25) is 9.88 Å². The standard InChI is InChI=1S/C12H10ClN3O/c13-9-3-1-4-10(7-9)16(12(14)17)11-5-2-6-15-8-11/h1-8H,(H2,14,17). The van der Waals surface area contributed by atoms with Gasteiger partial charge in [0, 0.05) is 11.2 Å². The van der Waals surface area contributed by atoms with Crippen molar-refractivity contribution in [1.82, 2.24) is 4.98 Å². The largest absolute Gasteiger partial charge is 0.351 e. The zero-order chi connectivity index (χ0) is 12.3. The minimum atomic E-state index is -0.583. The number of hydrogen-bond donors (Lipinski definition) is 1. The number of amides is 2. The molecule has 2 aromatic rings. The molecule has 0 radical (unpaired) electrons. The molecule has 0 atom stereocenters. The number of rotatable bonds is 2. The van der Waals surface area contributed by atoms with Crippen LogP contribution in [-0.4, -0.2) is 11.0 Å². The Morgan fingerprint density at radius 1 is 1.24 bits per heavy atom. The van der Waals surface area contributed by atoms with Gasteiger partial charge in [0.05, 0.1) is 17.6 Å². The smallest absolute Gasteiger partial charge is 0.323 e. The van der Waals surface area contributed by atoms with E-state index in [9.17, 15) is 4.79 Å². The van der Waals surface area contributed by atoms with Gasteiger partial charge in [0.2, 0.25) is 0 Å². The van der Waals surface area contributed by atoms with Gasteiger partial charge < -0.3 is 5.73 Å². The summed E-state index contributed by atoms with van der Waals surface area (Å²) in [6, 6.07) is 9.80. The Hall–Kier alpha value is -2.07. The van der Waals surface area contributed by atoms with E-state index < -0.39 is 6.03 Å². The number of urea groups is 1. The molecule has 2 rings (SSSR count). The van der Waals surface area contributed by atoms with E-state index >= 15 is 0 Å². The van der Waals surface area contributed by atoms with E-state index in [-0.39, 0.29) is 0 Å². The normalized spacial score (nSPS) is 9.94. The first-order valence-electron chi connectivity index (χ1n) is 4.93. The molecular weight excluding hydrogens is 238 g/mol. The third-order valence-electron chi connectivity index (χ3n) is 2.19. The monoisotopic (exact) mass is 247 g/mol. The third kappa shape index (κ3) is 2.54. The number of carbonyl (C=O) groups excluding carboxylic acids is 1. The highest BCUT2D eigenvalue weighted by Crippen LogP contribution is 2.26. The van der Waals surface area contributed by atoms with Crippen LogP contribution >= 0.6 is 11.6 Å². The van der Waals surface area contributed by atoms with Crippen molar-refractivity contribution >= 4 is 29.0 Å². The number of hydrogen-bond acceptors (Lipinski definition) is 2. The summed E-state index contributed by atoms with van der Waals surface area (Å²) in [6.07, 6.45) is 3.19. The summed E-state index contributed by atoms with van der Waals surface area (Å²) in [4.78, 5) is 16.8. The fraction of sp³-hybridized carbons (Fsp3) is 0. The van der Waals surface area contributed by atoms with Crippen LogP contribution in [0.25, 0.3) is 0 Å². The zero-order valence-corrected chi connectivity index (χ0v) is 9.63. The number of pyridine rings is 1. The lowest BCUT2D eigenvalue weighted by Gasteiger charge is -2.20. The summed E-state index contributed by atoms with van der Waals surface area (Å²) < 4.78 is 0. The third-order valence-corrected chi connectivity index (χ3v) is 2.43. The molecule has 1 heterocycles. The molecule has 0 aliphatic heterocycles. The van der Waals surface area contributed by atoms with Crippen LogP contribution in [-0.2, 0) is 0 Å². The lowest BCUT2D eigenvalue weighted by atomic mass is 10.2. The van der Waals surface area contributed by atoms with Crippen molar-refractivity contribution in [2.24, 2.45) is 5.73 Å². The Kier molecular flexibility index (Phi) is 3.25. The molecule has 0 fully saturated rings. The van der Waals surface area contributed by atoms with Crippen LogP contribution in [0, 0.1) is 0 Å². The lowest BCUT2D eigenvalue weighted by Crippen LogP contribution is -2.31. The number of carbonyl (C=O) groups is 1. The van der Waals surface area contributed by atoms with Gasteiger partial charge in [-0.25, -0.2) is 4.79 Å². The lowest BCUT2D eigenvalue weighted by molar-refractivity contribution is 0.256. The van der Waals surface area contributed by atoms with Gasteiger partial charge in [0.15, 0.2) is 0 Å². The maximum atomic E-state index is 11.5. The SMILES string of the molecule is NC(=O)N(c1cccnc1)c1cccc(Cl)c1. The maximum absolute atomic E-state index is 11.5. The summed E-state index contributed by atoms with van der Waals surface area (Å²) in [5.41, 5.74) is 6.58. The van der Waals surface area contributed by atoms with Gasteiger partial charge in [-0.15, -0.1) is 0 Å². The molecule has 1 aromatic carbocycles. The number of halogens is 1. The molecule has 86 valence electrons. The van der Waals surface area contributed by atoms with E-state index in [4.69, 9.17) is 17.3 Å². The average molecular weight is 248 g/mol.